The maximum atomic E-state index is 12.9. The Morgan fingerprint density at radius 1 is 0.968 bits per heavy atom. The smallest absolute Gasteiger partial charge is 0.231 e. The van der Waals surface area contributed by atoms with Crippen LogP contribution in [-0.2, 0) is 12.0 Å². The predicted molar refractivity (Wildman–Crippen MR) is 125 cm³/mol. The van der Waals surface area contributed by atoms with E-state index in [-0.39, 0.29) is 11.2 Å². The Labute approximate surface area is 188 Å². The fourth-order valence-electron chi connectivity index (χ4n) is 3.50. The third-order valence-corrected chi connectivity index (χ3v) is 5.67. The minimum Gasteiger partial charge on any atom is -0.488 e. The normalized spacial score (nSPS) is 14.5. The van der Waals surface area contributed by atoms with Crippen LogP contribution in [0.3, 0.4) is 0 Å². The Hall–Kier alpha value is -3.04. The molecule has 3 aromatic rings. The minimum atomic E-state index is -0.109. The molecule has 3 aromatic carbocycles. The van der Waals surface area contributed by atoms with Crippen LogP contribution in [0, 0.1) is 6.92 Å². The van der Waals surface area contributed by atoms with E-state index in [0.29, 0.717) is 34.5 Å². The van der Waals surface area contributed by atoms with E-state index >= 15 is 0 Å². The van der Waals surface area contributed by atoms with Crippen molar-refractivity contribution in [3.8, 4) is 11.5 Å². The van der Waals surface area contributed by atoms with Crippen molar-refractivity contribution in [2.75, 3.05) is 0 Å². The number of Topliss-reactive ketones (excluding diaryl/α,β-unsaturated/α-hetero) is 1. The van der Waals surface area contributed by atoms with Gasteiger partial charge in [-0.2, -0.15) is 0 Å². The second-order valence-electron chi connectivity index (χ2n) is 8.79. The Kier molecular flexibility index (Phi) is 5.63. The number of ether oxygens (including phenoxy) is 2. The van der Waals surface area contributed by atoms with Crippen molar-refractivity contribution in [2.24, 2.45) is 0 Å². The van der Waals surface area contributed by atoms with Gasteiger partial charge in [-0.25, -0.2) is 0 Å². The SMILES string of the molecule is Cc1c(OCc2ccc(Cl)cc2)ccc2c1O/C(=C\c1ccc(C(C)(C)C)cc1)C2=O. The molecule has 158 valence electrons. The first kappa shape index (κ1) is 21.2. The molecule has 0 saturated carbocycles. The van der Waals surface area contributed by atoms with Crippen LogP contribution in [0.5, 0.6) is 11.5 Å². The fourth-order valence-corrected chi connectivity index (χ4v) is 3.62. The molecule has 1 aliphatic heterocycles. The van der Waals surface area contributed by atoms with E-state index in [9.17, 15) is 4.79 Å². The third-order valence-electron chi connectivity index (χ3n) is 5.42. The summed E-state index contributed by atoms with van der Waals surface area (Å²) in [6, 6.07) is 19.3. The van der Waals surface area contributed by atoms with Gasteiger partial charge in [-0.05, 0) is 59.4 Å². The molecule has 31 heavy (non-hydrogen) atoms. The lowest BCUT2D eigenvalue weighted by Gasteiger charge is -2.18. The van der Waals surface area contributed by atoms with Crippen molar-refractivity contribution in [1.29, 1.82) is 0 Å². The van der Waals surface area contributed by atoms with Crippen LogP contribution in [0.4, 0.5) is 0 Å². The molecule has 0 fully saturated rings. The first-order valence-electron chi connectivity index (χ1n) is 10.3. The van der Waals surface area contributed by atoms with Crippen LogP contribution in [0.1, 0.15) is 53.4 Å². The molecule has 0 radical (unpaired) electrons. The van der Waals surface area contributed by atoms with Crippen LogP contribution < -0.4 is 9.47 Å². The number of hydrogen-bond donors (Lipinski definition) is 0. The van der Waals surface area contributed by atoms with Gasteiger partial charge in [0.25, 0.3) is 0 Å². The number of carbonyl (C=O) groups excluding carboxylic acids is 1. The van der Waals surface area contributed by atoms with E-state index in [0.717, 1.165) is 16.7 Å². The van der Waals surface area contributed by atoms with Crippen molar-refractivity contribution in [2.45, 2.75) is 39.7 Å². The van der Waals surface area contributed by atoms with Crippen molar-refractivity contribution >= 4 is 23.5 Å². The van der Waals surface area contributed by atoms with E-state index in [1.165, 1.54) is 5.56 Å². The van der Waals surface area contributed by atoms with Crippen molar-refractivity contribution in [3.05, 3.63) is 99.3 Å². The van der Waals surface area contributed by atoms with Crippen LogP contribution in [0.2, 0.25) is 5.02 Å². The van der Waals surface area contributed by atoms with Crippen LogP contribution in [0.25, 0.3) is 6.08 Å². The number of carbonyl (C=O) groups is 1. The number of ketones is 1. The first-order valence-corrected chi connectivity index (χ1v) is 10.7. The second-order valence-corrected chi connectivity index (χ2v) is 9.23. The second kappa shape index (κ2) is 8.24. The molecule has 1 aliphatic rings. The molecule has 1 heterocycles. The molecule has 0 N–H and O–H groups in total. The summed E-state index contributed by atoms with van der Waals surface area (Å²) in [4.78, 5) is 12.9. The van der Waals surface area contributed by atoms with Gasteiger partial charge >= 0.3 is 0 Å². The van der Waals surface area contributed by atoms with E-state index in [1.807, 2.05) is 49.4 Å². The zero-order valence-corrected chi connectivity index (χ0v) is 18.9. The minimum absolute atomic E-state index is 0.0844. The van der Waals surface area contributed by atoms with E-state index in [2.05, 4.69) is 32.9 Å². The molecule has 0 unspecified atom stereocenters. The van der Waals surface area contributed by atoms with Gasteiger partial charge in [0.05, 0.1) is 5.56 Å². The van der Waals surface area contributed by atoms with Gasteiger partial charge in [0.2, 0.25) is 5.78 Å². The molecule has 0 aliphatic carbocycles. The molecule has 0 amide bonds. The molecule has 4 rings (SSSR count). The molecular weight excluding hydrogens is 408 g/mol. The highest BCUT2D eigenvalue weighted by Crippen LogP contribution is 2.39. The van der Waals surface area contributed by atoms with Gasteiger partial charge in [-0.3, -0.25) is 4.79 Å². The summed E-state index contributed by atoms with van der Waals surface area (Å²) in [5.41, 5.74) is 4.65. The van der Waals surface area contributed by atoms with Gasteiger partial charge in [0.1, 0.15) is 18.1 Å². The number of halogens is 1. The average molecular weight is 433 g/mol. The third kappa shape index (κ3) is 4.52. The first-order chi connectivity index (χ1) is 14.7. The van der Waals surface area contributed by atoms with Crippen LogP contribution in [-0.4, -0.2) is 5.78 Å². The van der Waals surface area contributed by atoms with E-state index < -0.39 is 0 Å². The molecule has 4 heteroatoms. The largest absolute Gasteiger partial charge is 0.488 e. The number of hydrogen-bond acceptors (Lipinski definition) is 3. The Balaban J connectivity index is 1.53. The topological polar surface area (TPSA) is 35.5 Å². The quantitative estimate of drug-likeness (QED) is 0.411. The molecule has 0 saturated heterocycles. The lowest BCUT2D eigenvalue weighted by atomic mass is 9.86. The molecule has 0 aromatic heterocycles. The standard InChI is InChI=1S/C27H25ClO3/c1-17-23(30-16-19-7-11-21(28)12-8-19)14-13-22-25(29)24(31-26(17)22)15-18-5-9-20(10-6-18)27(2,3)4/h5-15H,16H2,1-4H3/b24-15-. The van der Waals surface area contributed by atoms with Gasteiger partial charge in [0, 0.05) is 10.6 Å². The summed E-state index contributed by atoms with van der Waals surface area (Å²) in [6.07, 6.45) is 1.79. The zero-order chi connectivity index (χ0) is 22.2. The highest BCUT2D eigenvalue weighted by atomic mass is 35.5. The zero-order valence-electron chi connectivity index (χ0n) is 18.2. The summed E-state index contributed by atoms with van der Waals surface area (Å²) in [7, 11) is 0. The lowest BCUT2D eigenvalue weighted by molar-refractivity contribution is 0.101. The molecule has 0 atom stereocenters. The molecular formula is C27H25ClO3. The highest BCUT2D eigenvalue weighted by Gasteiger charge is 2.30. The number of rotatable bonds is 4. The Morgan fingerprint density at radius 2 is 1.65 bits per heavy atom. The molecule has 0 bridgehead atoms. The van der Waals surface area contributed by atoms with Gasteiger partial charge in [0.15, 0.2) is 5.76 Å². The molecule has 0 spiro atoms. The summed E-state index contributed by atoms with van der Waals surface area (Å²) in [5.74, 6) is 1.48. The molecule has 3 nitrogen and oxygen atoms in total. The maximum Gasteiger partial charge on any atom is 0.231 e. The number of allylic oxidation sites excluding steroid dienone is 1. The lowest BCUT2D eigenvalue weighted by Crippen LogP contribution is -2.10. The summed E-state index contributed by atoms with van der Waals surface area (Å²) >= 11 is 5.94. The van der Waals surface area contributed by atoms with Crippen LogP contribution in [0.15, 0.2) is 66.4 Å². The average Bonchev–Trinajstić information content (AvgIpc) is 3.05. The Morgan fingerprint density at radius 3 is 2.29 bits per heavy atom. The monoisotopic (exact) mass is 432 g/mol. The maximum absolute atomic E-state index is 12.9. The highest BCUT2D eigenvalue weighted by molar-refractivity contribution is 6.30. The van der Waals surface area contributed by atoms with Crippen LogP contribution >= 0.6 is 11.6 Å². The van der Waals surface area contributed by atoms with Gasteiger partial charge < -0.3 is 9.47 Å². The Bertz CT molecular complexity index is 1150. The van der Waals surface area contributed by atoms with Gasteiger partial charge in [-0.15, -0.1) is 0 Å². The number of fused-ring (bicyclic) bond motifs is 1. The fraction of sp³-hybridized carbons (Fsp3) is 0.222. The van der Waals surface area contributed by atoms with Gasteiger partial charge in [-0.1, -0.05) is 68.8 Å². The summed E-state index contributed by atoms with van der Waals surface area (Å²) in [6.45, 7) is 8.85. The van der Waals surface area contributed by atoms with Crippen molar-refractivity contribution < 1.29 is 14.3 Å². The number of benzene rings is 3. The van der Waals surface area contributed by atoms with E-state index in [4.69, 9.17) is 21.1 Å². The van der Waals surface area contributed by atoms with Crippen molar-refractivity contribution in [1.82, 2.24) is 0 Å². The summed E-state index contributed by atoms with van der Waals surface area (Å²) in [5, 5.41) is 0.691. The van der Waals surface area contributed by atoms with Crippen molar-refractivity contribution in [3.63, 3.8) is 0 Å². The predicted octanol–water partition coefficient (Wildman–Crippen LogP) is 7.14. The summed E-state index contributed by atoms with van der Waals surface area (Å²) < 4.78 is 11.9. The van der Waals surface area contributed by atoms with E-state index in [1.54, 1.807) is 12.1 Å².